The van der Waals surface area contributed by atoms with Crippen LogP contribution in [0.5, 0.6) is 0 Å². The smallest absolute Gasteiger partial charge is 0.414 e. The van der Waals surface area contributed by atoms with Crippen LogP contribution in [0.15, 0.2) is 41.6 Å². The van der Waals surface area contributed by atoms with E-state index in [0.717, 1.165) is 6.54 Å². The third kappa shape index (κ3) is 4.56. The van der Waals surface area contributed by atoms with Gasteiger partial charge in [0.05, 0.1) is 32.4 Å². The van der Waals surface area contributed by atoms with Gasteiger partial charge < -0.3 is 19.7 Å². The highest BCUT2D eigenvalue weighted by Crippen LogP contribution is 2.29. The highest BCUT2D eigenvalue weighted by atomic mass is 19.1. The fourth-order valence-electron chi connectivity index (χ4n) is 3.40. The Bertz CT molecular complexity index is 1030. The molecule has 0 aliphatic carbocycles. The molecule has 1 aromatic heterocycles. The Kier molecular flexibility index (Phi) is 6.06. The molecule has 2 amide bonds. The number of carbonyl (C=O) groups is 2. The van der Waals surface area contributed by atoms with Gasteiger partial charge in [-0.2, -0.15) is 5.10 Å². The number of aromatic nitrogens is 1. The van der Waals surface area contributed by atoms with Gasteiger partial charge in [-0.1, -0.05) is 0 Å². The SMILES string of the molecule is COC(=O)NC[C@H]1CN(c2ccc(-c3ccc(N4CCN(C)C=N4)nc3)c(F)c2)C(=O)O1. The molecule has 1 fully saturated rings. The van der Waals surface area contributed by atoms with Gasteiger partial charge in [0, 0.05) is 30.9 Å². The summed E-state index contributed by atoms with van der Waals surface area (Å²) in [6.07, 6.45) is 1.55. The first kappa shape index (κ1) is 21.3. The van der Waals surface area contributed by atoms with Crippen LogP contribution < -0.4 is 15.2 Å². The molecule has 0 bridgehead atoms. The highest BCUT2D eigenvalue weighted by Gasteiger charge is 2.33. The molecule has 11 heteroatoms. The van der Waals surface area contributed by atoms with Crippen molar-refractivity contribution in [3.63, 3.8) is 0 Å². The Balaban J connectivity index is 1.45. The Morgan fingerprint density at radius 3 is 2.81 bits per heavy atom. The lowest BCUT2D eigenvalue weighted by atomic mass is 10.1. The van der Waals surface area contributed by atoms with Crippen molar-refractivity contribution < 1.29 is 23.5 Å². The van der Waals surface area contributed by atoms with Gasteiger partial charge in [0.25, 0.3) is 0 Å². The average Bonchev–Trinajstić information content (AvgIpc) is 3.18. The number of likely N-dealkylation sites (N-methyl/N-ethyl adjacent to an activating group) is 1. The van der Waals surface area contributed by atoms with Crippen molar-refractivity contribution in [3.05, 3.63) is 42.3 Å². The van der Waals surface area contributed by atoms with Crippen molar-refractivity contribution in [2.75, 3.05) is 50.2 Å². The topological polar surface area (TPSA) is 99.6 Å². The lowest BCUT2D eigenvalue weighted by molar-refractivity contribution is 0.132. The molecule has 1 saturated heterocycles. The van der Waals surface area contributed by atoms with Crippen LogP contribution in [0, 0.1) is 5.82 Å². The van der Waals surface area contributed by atoms with Crippen molar-refractivity contribution in [2.24, 2.45) is 5.10 Å². The number of hydrogen-bond acceptors (Lipinski definition) is 8. The third-order valence-electron chi connectivity index (χ3n) is 5.17. The van der Waals surface area contributed by atoms with Gasteiger partial charge in [0.15, 0.2) is 0 Å². The van der Waals surface area contributed by atoms with Crippen molar-refractivity contribution in [1.82, 2.24) is 15.2 Å². The number of methoxy groups -OCH3 is 1. The van der Waals surface area contributed by atoms with E-state index in [1.165, 1.54) is 18.1 Å². The standard InChI is InChI=1S/C21H23FN6O4/c1-26-7-8-28(25-13-26)19-6-3-14(10-23-19)17-5-4-15(9-18(17)22)27-12-16(32-21(27)30)11-24-20(29)31-2/h3-6,9-10,13,16H,7-8,11-12H2,1-2H3,(H,24,29)/t16-/m0/s1. The molecule has 1 atom stereocenters. The number of rotatable bonds is 5. The number of nitrogens with one attached hydrogen (secondary N) is 1. The average molecular weight is 442 g/mol. The molecule has 0 radical (unpaired) electrons. The van der Waals surface area contributed by atoms with Crippen LogP contribution in [-0.4, -0.2) is 74.8 Å². The minimum atomic E-state index is -0.617. The van der Waals surface area contributed by atoms with E-state index in [1.54, 1.807) is 41.8 Å². The van der Waals surface area contributed by atoms with Gasteiger partial charge in [-0.25, -0.2) is 24.0 Å². The first-order chi connectivity index (χ1) is 15.4. The van der Waals surface area contributed by atoms with Crippen molar-refractivity contribution in [1.29, 1.82) is 0 Å². The molecular formula is C21H23FN6O4. The zero-order valence-corrected chi connectivity index (χ0v) is 17.7. The Morgan fingerprint density at radius 2 is 2.16 bits per heavy atom. The number of nitrogens with zero attached hydrogens (tertiary/aromatic N) is 5. The molecule has 10 nitrogen and oxygen atoms in total. The van der Waals surface area contributed by atoms with Gasteiger partial charge in [0.1, 0.15) is 24.1 Å². The number of benzene rings is 1. The van der Waals surface area contributed by atoms with Gasteiger partial charge in [0.2, 0.25) is 0 Å². The summed E-state index contributed by atoms with van der Waals surface area (Å²) in [5.74, 6) is 0.195. The number of alkyl carbamates (subject to hydrolysis) is 1. The maximum absolute atomic E-state index is 14.9. The predicted octanol–water partition coefficient (Wildman–Crippen LogP) is 2.26. The molecule has 4 rings (SSSR count). The minimum absolute atomic E-state index is 0.102. The number of ether oxygens (including phenoxy) is 2. The van der Waals surface area contributed by atoms with Crippen molar-refractivity contribution >= 4 is 30.0 Å². The second-order valence-corrected chi connectivity index (χ2v) is 7.39. The lowest BCUT2D eigenvalue weighted by Crippen LogP contribution is -2.35. The molecule has 2 aliphatic rings. The number of halogens is 1. The normalized spacial score (nSPS) is 18.0. The van der Waals surface area contributed by atoms with Gasteiger partial charge in [-0.3, -0.25) is 4.90 Å². The second-order valence-electron chi connectivity index (χ2n) is 7.39. The van der Waals surface area contributed by atoms with Crippen LogP contribution in [0.25, 0.3) is 11.1 Å². The monoisotopic (exact) mass is 442 g/mol. The molecular weight excluding hydrogens is 419 g/mol. The molecule has 2 aliphatic heterocycles. The molecule has 1 N–H and O–H groups in total. The van der Waals surface area contributed by atoms with Gasteiger partial charge in [-0.05, 0) is 30.3 Å². The molecule has 168 valence electrons. The number of hydrogen-bond donors (Lipinski definition) is 1. The summed E-state index contributed by atoms with van der Waals surface area (Å²) >= 11 is 0. The van der Waals surface area contributed by atoms with Crippen LogP contribution in [0.2, 0.25) is 0 Å². The van der Waals surface area contributed by atoms with Crippen LogP contribution in [0.1, 0.15) is 0 Å². The Morgan fingerprint density at radius 1 is 1.31 bits per heavy atom. The minimum Gasteiger partial charge on any atom is -0.453 e. The number of anilines is 2. The van der Waals surface area contributed by atoms with Crippen molar-refractivity contribution in [3.8, 4) is 11.1 Å². The highest BCUT2D eigenvalue weighted by molar-refractivity contribution is 5.90. The second kappa shape index (κ2) is 9.08. The Labute approximate surface area is 184 Å². The summed E-state index contributed by atoms with van der Waals surface area (Å²) in [6.45, 7) is 1.83. The maximum Gasteiger partial charge on any atom is 0.414 e. The summed E-state index contributed by atoms with van der Waals surface area (Å²) in [4.78, 5) is 31.1. The fraction of sp³-hybridized carbons (Fsp3) is 0.333. The van der Waals surface area contributed by atoms with E-state index >= 15 is 0 Å². The summed E-state index contributed by atoms with van der Waals surface area (Å²) in [5.41, 5.74) is 1.35. The summed E-state index contributed by atoms with van der Waals surface area (Å²) in [6, 6.07) is 8.11. The number of pyridine rings is 1. The first-order valence-corrected chi connectivity index (χ1v) is 10.0. The predicted molar refractivity (Wildman–Crippen MR) is 116 cm³/mol. The van der Waals surface area contributed by atoms with E-state index in [9.17, 15) is 14.0 Å². The van der Waals surface area contributed by atoms with Crippen LogP contribution >= 0.6 is 0 Å². The number of hydrazone groups is 1. The van der Waals surface area contributed by atoms with E-state index in [1.807, 2.05) is 11.9 Å². The quantitative estimate of drug-likeness (QED) is 0.758. The van der Waals surface area contributed by atoms with E-state index in [2.05, 4.69) is 20.1 Å². The largest absolute Gasteiger partial charge is 0.453 e. The summed E-state index contributed by atoms with van der Waals surface area (Å²) in [7, 11) is 3.20. The van der Waals surface area contributed by atoms with Gasteiger partial charge in [-0.15, -0.1) is 0 Å². The first-order valence-electron chi connectivity index (χ1n) is 10.0. The van der Waals surface area contributed by atoms with Crippen LogP contribution in [0.4, 0.5) is 25.5 Å². The van der Waals surface area contributed by atoms with Crippen LogP contribution in [-0.2, 0) is 9.47 Å². The molecule has 32 heavy (non-hydrogen) atoms. The van der Waals surface area contributed by atoms with E-state index < -0.39 is 24.1 Å². The number of cyclic esters (lactones) is 1. The lowest BCUT2D eigenvalue weighted by Gasteiger charge is -2.26. The molecule has 2 aromatic rings. The number of carbonyl (C=O) groups excluding carboxylic acids is 2. The van der Waals surface area contributed by atoms with E-state index in [4.69, 9.17) is 4.74 Å². The molecule has 0 spiro atoms. The maximum atomic E-state index is 14.9. The Hall–Kier alpha value is -3.89. The third-order valence-corrected chi connectivity index (χ3v) is 5.17. The molecule has 0 saturated carbocycles. The van der Waals surface area contributed by atoms with E-state index in [-0.39, 0.29) is 13.1 Å². The van der Waals surface area contributed by atoms with E-state index in [0.29, 0.717) is 29.2 Å². The molecule has 0 unspecified atom stereocenters. The van der Waals surface area contributed by atoms with Crippen LogP contribution in [0.3, 0.4) is 0 Å². The van der Waals surface area contributed by atoms with Gasteiger partial charge >= 0.3 is 12.2 Å². The zero-order valence-electron chi connectivity index (χ0n) is 17.7. The summed E-state index contributed by atoms with van der Waals surface area (Å²) in [5, 5.41) is 8.58. The van der Waals surface area contributed by atoms with Crippen molar-refractivity contribution in [2.45, 2.75) is 6.10 Å². The molecule has 3 heterocycles. The summed E-state index contributed by atoms with van der Waals surface area (Å²) < 4.78 is 24.6. The molecule has 1 aromatic carbocycles. The number of amides is 2. The fourth-order valence-corrected chi connectivity index (χ4v) is 3.40. The zero-order chi connectivity index (χ0) is 22.7.